The lowest BCUT2D eigenvalue weighted by Crippen LogP contribution is -2.28. The van der Waals surface area contributed by atoms with Crippen LogP contribution in [-0.4, -0.2) is 34.6 Å². The van der Waals surface area contributed by atoms with E-state index in [0.29, 0.717) is 25.4 Å². The lowest BCUT2D eigenvalue weighted by atomic mass is 10.1. The van der Waals surface area contributed by atoms with Gasteiger partial charge in [-0.15, -0.1) is 5.10 Å². The molecule has 1 amide bonds. The maximum atomic E-state index is 12.5. The molecule has 0 radical (unpaired) electrons. The van der Waals surface area contributed by atoms with Gasteiger partial charge in [-0.05, 0) is 36.1 Å². The van der Waals surface area contributed by atoms with E-state index in [2.05, 4.69) is 27.8 Å². The third kappa shape index (κ3) is 4.46. The Morgan fingerprint density at radius 1 is 1.21 bits per heavy atom. The number of hydrogen-bond acceptors (Lipinski definition) is 5. The van der Waals surface area contributed by atoms with Gasteiger partial charge in [0.05, 0.1) is 26.0 Å². The number of ether oxygens (including phenoxy) is 2. The SMILES string of the molecule is COc1ccc([C@H]2Cn3nnc(C(=O)NCCCc4ccccc4)c3CO2)cc1. The van der Waals surface area contributed by atoms with E-state index in [1.54, 1.807) is 11.8 Å². The lowest BCUT2D eigenvalue weighted by Gasteiger charge is -2.24. The summed E-state index contributed by atoms with van der Waals surface area (Å²) >= 11 is 0. The molecule has 4 rings (SSSR count). The first-order valence-corrected chi connectivity index (χ1v) is 9.74. The second-order valence-corrected chi connectivity index (χ2v) is 6.98. The van der Waals surface area contributed by atoms with Gasteiger partial charge >= 0.3 is 0 Å². The van der Waals surface area contributed by atoms with Crippen LogP contribution in [0, 0.1) is 0 Å². The molecule has 2 heterocycles. The van der Waals surface area contributed by atoms with Gasteiger partial charge in [-0.1, -0.05) is 47.7 Å². The van der Waals surface area contributed by atoms with Gasteiger partial charge in [0.1, 0.15) is 11.9 Å². The molecule has 150 valence electrons. The number of hydrogen-bond donors (Lipinski definition) is 1. The molecule has 0 unspecified atom stereocenters. The first-order chi connectivity index (χ1) is 14.2. The molecule has 0 spiro atoms. The summed E-state index contributed by atoms with van der Waals surface area (Å²) in [4.78, 5) is 12.5. The van der Waals surface area contributed by atoms with Crippen LogP contribution in [0.1, 0.15) is 39.8 Å². The topological polar surface area (TPSA) is 78.3 Å². The number of rotatable bonds is 7. The smallest absolute Gasteiger partial charge is 0.273 e. The number of aromatic nitrogens is 3. The number of carbonyl (C=O) groups excluding carboxylic acids is 1. The molecule has 0 aliphatic carbocycles. The van der Waals surface area contributed by atoms with Gasteiger partial charge in [0, 0.05) is 6.54 Å². The summed E-state index contributed by atoms with van der Waals surface area (Å²) in [5.74, 6) is 0.600. The highest BCUT2D eigenvalue weighted by molar-refractivity contribution is 5.93. The minimum Gasteiger partial charge on any atom is -0.497 e. The predicted molar refractivity (Wildman–Crippen MR) is 108 cm³/mol. The second kappa shape index (κ2) is 8.87. The van der Waals surface area contributed by atoms with Gasteiger partial charge in [0.15, 0.2) is 5.69 Å². The molecule has 0 bridgehead atoms. The van der Waals surface area contributed by atoms with Crippen molar-refractivity contribution >= 4 is 5.91 Å². The molecule has 1 atom stereocenters. The van der Waals surface area contributed by atoms with Crippen LogP contribution in [0.4, 0.5) is 0 Å². The van der Waals surface area contributed by atoms with Crippen molar-refractivity contribution in [1.29, 1.82) is 0 Å². The summed E-state index contributed by atoms with van der Waals surface area (Å²) in [6.07, 6.45) is 1.67. The Labute approximate surface area is 169 Å². The molecule has 1 aliphatic heterocycles. The van der Waals surface area contributed by atoms with Gasteiger partial charge in [0.25, 0.3) is 5.91 Å². The molecule has 29 heavy (non-hydrogen) atoms. The molecule has 3 aromatic rings. The van der Waals surface area contributed by atoms with E-state index in [4.69, 9.17) is 9.47 Å². The van der Waals surface area contributed by atoms with Crippen LogP contribution < -0.4 is 10.1 Å². The predicted octanol–water partition coefficient (Wildman–Crippen LogP) is 2.92. The van der Waals surface area contributed by atoms with Crippen molar-refractivity contribution in [3.8, 4) is 5.75 Å². The van der Waals surface area contributed by atoms with Crippen molar-refractivity contribution < 1.29 is 14.3 Å². The number of nitrogens with one attached hydrogen (secondary N) is 1. The van der Waals surface area contributed by atoms with E-state index < -0.39 is 0 Å². The first-order valence-electron chi connectivity index (χ1n) is 9.74. The quantitative estimate of drug-likeness (QED) is 0.626. The highest BCUT2D eigenvalue weighted by atomic mass is 16.5. The van der Waals surface area contributed by atoms with Gasteiger partial charge < -0.3 is 14.8 Å². The van der Waals surface area contributed by atoms with Crippen LogP contribution in [0.5, 0.6) is 5.75 Å². The Morgan fingerprint density at radius 2 is 2.00 bits per heavy atom. The average Bonchev–Trinajstić information content (AvgIpc) is 3.21. The zero-order valence-corrected chi connectivity index (χ0v) is 16.4. The number of benzene rings is 2. The van der Waals surface area contributed by atoms with Crippen molar-refractivity contribution in [3.05, 3.63) is 77.1 Å². The Bertz CT molecular complexity index is 954. The van der Waals surface area contributed by atoms with Crippen LogP contribution >= 0.6 is 0 Å². The van der Waals surface area contributed by atoms with Crippen LogP contribution in [-0.2, 0) is 24.3 Å². The summed E-state index contributed by atoms with van der Waals surface area (Å²) in [5, 5.41) is 11.2. The Kier molecular flexibility index (Phi) is 5.86. The maximum Gasteiger partial charge on any atom is 0.273 e. The minimum absolute atomic E-state index is 0.128. The standard InChI is InChI=1S/C22H24N4O3/c1-28-18-11-9-17(10-12-18)20-14-26-19(15-29-20)21(24-25-26)22(27)23-13-5-8-16-6-3-2-4-7-16/h2-4,6-7,9-12,20H,5,8,13-15H2,1H3,(H,23,27)/t20-/m1/s1. The molecule has 1 aliphatic rings. The third-order valence-electron chi connectivity index (χ3n) is 5.07. The Balaban J connectivity index is 1.33. The molecular formula is C22H24N4O3. The number of carbonyl (C=O) groups is 1. The molecule has 0 saturated carbocycles. The van der Waals surface area contributed by atoms with E-state index in [-0.39, 0.29) is 12.0 Å². The first kappa shape index (κ1) is 19.1. The maximum absolute atomic E-state index is 12.5. The monoisotopic (exact) mass is 392 g/mol. The van der Waals surface area contributed by atoms with Crippen LogP contribution in [0.3, 0.4) is 0 Å². The van der Waals surface area contributed by atoms with Gasteiger partial charge in [-0.3, -0.25) is 4.79 Å². The molecule has 1 N–H and O–H groups in total. The van der Waals surface area contributed by atoms with Crippen molar-refractivity contribution in [2.75, 3.05) is 13.7 Å². The molecule has 0 fully saturated rings. The summed E-state index contributed by atoms with van der Waals surface area (Å²) in [6, 6.07) is 18.0. The molecule has 7 nitrogen and oxygen atoms in total. The molecule has 2 aromatic carbocycles. The normalized spacial score (nSPS) is 15.6. The Hall–Kier alpha value is -3.19. The molecular weight excluding hydrogens is 368 g/mol. The second-order valence-electron chi connectivity index (χ2n) is 6.98. The highest BCUT2D eigenvalue weighted by Gasteiger charge is 2.27. The van der Waals surface area contributed by atoms with E-state index >= 15 is 0 Å². The highest BCUT2D eigenvalue weighted by Crippen LogP contribution is 2.28. The van der Waals surface area contributed by atoms with Crippen LogP contribution in [0.2, 0.25) is 0 Å². The van der Waals surface area contributed by atoms with Crippen LogP contribution in [0.25, 0.3) is 0 Å². The number of methoxy groups -OCH3 is 1. The summed E-state index contributed by atoms with van der Waals surface area (Å²) < 4.78 is 12.9. The molecule has 0 saturated heterocycles. The fourth-order valence-corrected chi connectivity index (χ4v) is 3.43. The van der Waals surface area contributed by atoms with Crippen molar-refractivity contribution in [1.82, 2.24) is 20.3 Å². The van der Waals surface area contributed by atoms with Crippen molar-refractivity contribution in [2.24, 2.45) is 0 Å². The van der Waals surface area contributed by atoms with Gasteiger partial charge in [-0.25, -0.2) is 4.68 Å². The van der Waals surface area contributed by atoms with Gasteiger partial charge in [-0.2, -0.15) is 0 Å². The summed E-state index contributed by atoms with van der Waals surface area (Å²) in [6.45, 7) is 1.42. The molecule has 1 aromatic heterocycles. The van der Waals surface area contributed by atoms with E-state index in [9.17, 15) is 4.79 Å². The lowest BCUT2D eigenvalue weighted by molar-refractivity contribution is -0.00179. The fourth-order valence-electron chi connectivity index (χ4n) is 3.43. The third-order valence-corrected chi connectivity index (χ3v) is 5.07. The average molecular weight is 392 g/mol. The van der Waals surface area contributed by atoms with E-state index in [1.807, 2.05) is 42.5 Å². The fraction of sp³-hybridized carbons (Fsp3) is 0.318. The van der Waals surface area contributed by atoms with Crippen molar-refractivity contribution in [2.45, 2.75) is 32.1 Å². The largest absolute Gasteiger partial charge is 0.497 e. The zero-order chi connectivity index (χ0) is 20.1. The number of fused-ring (bicyclic) bond motifs is 1. The number of nitrogens with zero attached hydrogens (tertiary/aromatic N) is 3. The van der Waals surface area contributed by atoms with E-state index in [1.165, 1.54) is 5.56 Å². The summed E-state index contributed by atoms with van der Waals surface area (Å²) in [7, 11) is 1.64. The van der Waals surface area contributed by atoms with E-state index in [0.717, 1.165) is 29.8 Å². The van der Waals surface area contributed by atoms with Crippen molar-refractivity contribution in [3.63, 3.8) is 0 Å². The summed E-state index contributed by atoms with van der Waals surface area (Å²) in [5.41, 5.74) is 3.37. The van der Waals surface area contributed by atoms with Gasteiger partial charge in [0.2, 0.25) is 0 Å². The number of amides is 1. The number of aryl methyl sites for hydroxylation is 1. The zero-order valence-electron chi connectivity index (χ0n) is 16.4. The minimum atomic E-state index is -0.203. The molecule has 7 heteroatoms. The van der Waals surface area contributed by atoms with Crippen LogP contribution in [0.15, 0.2) is 54.6 Å². The Morgan fingerprint density at radius 3 is 2.76 bits per heavy atom.